The van der Waals surface area contributed by atoms with E-state index >= 15 is 0 Å². The second-order valence-corrected chi connectivity index (χ2v) is 4.78. The second kappa shape index (κ2) is 5.81. The van der Waals surface area contributed by atoms with Crippen LogP contribution in [0.15, 0.2) is 36.4 Å². The molecule has 2 N–H and O–H groups in total. The lowest BCUT2D eigenvalue weighted by atomic mass is 10.1. The van der Waals surface area contributed by atoms with Crippen LogP contribution in [0.4, 0.5) is 10.1 Å². The number of phenols is 1. The molecule has 2 rings (SSSR count). The topological polar surface area (TPSA) is 56.0 Å². The molecule has 1 atom stereocenters. The van der Waals surface area contributed by atoms with Gasteiger partial charge in [-0.1, -0.05) is 11.6 Å². The molecule has 0 aliphatic carbocycles. The van der Waals surface area contributed by atoms with Gasteiger partial charge in [0.15, 0.2) is 0 Å². The first-order chi connectivity index (χ1) is 9.51. The molecule has 0 bridgehead atoms. The third-order valence-electron chi connectivity index (χ3n) is 2.93. The Balaban J connectivity index is 2.23. The highest BCUT2D eigenvalue weighted by atomic mass is 35.5. The van der Waals surface area contributed by atoms with Gasteiger partial charge in [-0.15, -0.1) is 0 Å². The molecule has 0 aliphatic heterocycles. The molecule has 0 spiro atoms. The Hall–Kier alpha value is -2.25. The predicted molar refractivity (Wildman–Crippen MR) is 76.3 cm³/mol. The van der Waals surface area contributed by atoms with E-state index in [1.165, 1.54) is 18.2 Å². The van der Waals surface area contributed by atoms with Gasteiger partial charge in [-0.25, -0.2) is 4.39 Å². The summed E-state index contributed by atoms with van der Waals surface area (Å²) in [5, 5.41) is 22.0. The first kappa shape index (κ1) is 14.2. The molecule has 2 aromatic rings. The molecular formula is C15H12ClFN2O. The standard InChI is InChI=1S/C15H12ClFN2O/c1-9(13-6-11(17)3-5-15(13)20)19-12-4-2-10(8-18)14(16)7-12/h2-7,9,19-20H,1H3. The van der Waals surface area contributed by atoms with Crippen LogP contribution in [0.25, 0.3) is 0 Å². The molecule has 0 heterocycles. The van der Waals surface area contributed by atoms with E-state index in [0.29, 0.717) is 21.8 Å². The van der Waals surface area contributed by atoms with Crippen molar-refractivity contribution in [2.75, 3.05) is 5.32 Å². The van der Waals surface area contributed by atoms with Crippen LogP contribution in [0.2, 0.25) is 5.02 Å². The minimum absolute atomic E-state index is 0.0196. The largest absolute Gasteiger partial charge is 0.508 e. The van der Waals surface area contributed by atoms with E-state index in [1.807, 2.05) is 6.07 Å². The smallest absolute Gasteiger partial charge is 0.123 e. The van der Waals surface area contributed by atoms with Crippen molar-refractivity contribution in [3.63, 3.8) is 0 Å². The number of phenolic OH excluding ortho intramolecular Hbond substituents is 1. The van der Waals surface area contributed by atoms with Crippen molar-refractivity contribution in [3.8, 4) is 11.8 Å². The Morgan fingerprint density at radius 1 is 1.30 bits per heavy atom. The van der Waals surface area contributed by atoms with Crippen LogP contribution in [0.3, 0.4) is 0 Å². The monoisotopic (exact) mass is 290 g/mol. The maximum atomic E-state index is 13.2. The first-order valence-electron chi connectivity index (χ1n) is 5.96. The molecule has 5 heteroatoms. The lowest BCUT2D eigenvalue weighted by Gasteiger charge is -2.17. The summed E-state index contributed by atoms with van der Waals surface area (Å²) in [7, 11) is 0. The summed E-state index contributed by atoms with van der Waals surface area (Å²) in [5.74, 6) is -0.393. The summed E-state index contributed by atoms with van der Waals surface area (Å²) in [6, 6.07) is 10.4. The molecule has 3 nitrogen and oxygen atoms in total. The van der Waals surface area contributed by atoms with Crippen molar-refractivity contribution in [1.29, 1.82) is 5.26 Å². The van der Waals surface area contributed by atoms with Gasteiger partial charge in [0, 0.05) is 11.3 Å². The van der Waals surface area contributed by atoms with Gasteiger partial charge in [0.1, 0.15) is 17.6 Å². The lowest BCUT2D eigenvalue weighted by Crippen LogP contribution is -2.07. The highest BCUT2D eigenvalue weighted by molar-refractivity contribution is 6.32. The van der Waals surface area contributed by atoms with Crippen LogP contribution >= 0.6 is 11.6 Å². The zero-order valence-electron chi connectivity index (χ0n) is 10.7. The summed E-state index contributed by atoms with van der Waals surface area (Å²) in [4.78, 5) is 0. The van der Waals surface area contributed by atoms with E-state index in [4.69, 9.17) is 16.9 Å². The number of benzene rings is 2. The minimum atomic E-state index is -0.413. The van der Waals surface area contributed by atoms with Crippen LogP contribution < -0.4 is 5.32 Å². The van der Waals surface area contributed by atoms with Gasteiger partial charge in [0.05, 0.1) is 16.6 Å². The van der Waals surface area contributed by atoms with Crippen LogP contribution in [-0.2, 0) is 0 Å². The Morgan fingerprint density at radius 3 is 2.70 bits per heavy atom. The molecule has 0 saturated carbocycles. The van der Waals surface area contributed by atoms with Crippen molar-refractivity contribution < 1.29 is 9.50 Å². The van der Waals surface area contributed by atoms with E-state index in [9.17, 15) is 9.50 Å². The Labute approximate surface area is 121 Å². The van der Waals surface area contributed by atoms with Crippen LogP contribution in [0, 0.1) is 17.1 Å². The molecule has 0 radical (unpaired) electrons. The summed E-state index contributed by atoms with van der Waals surface area (Å²) in [6.45, 7) is 1.79. The number of hydrogen-bond acceptors (Lipinski definition) is 3. The molecule has 0 aliphatic rings. The number of hydrogen-bond donors (Lipinski definition) is 2. The fourth-order valence-corrected chi connectivity index (χ4v) is 2.12. The number of rotatable bonds is 3. The molecule has 20 heavy (non-hydrogen) atoms. The maximum Gasteiger partial charge on any atom is 0.123 e. The van der Waals surface area contributed by atoms with Gasteiger partial charge in [-0.2, -0.15) is 5.26 Å². The van der Waals surface area contributed by atoms with Gasteiger partial charge >= 0.3 is 0 Å². The zero-order chi connectivity index (χ0) is 14.7. The molecule has 0 fully saturated rings. The Morgan fingerprint density at radius 2 is 2.05 bits per heavy atom. The number of nitrogens with zero attached hydrogens (tertiary/aromatic N) is 1. The quantitative estimate of drug-likeness (QED) is 0.889. The van der Waals surface area contributed by atoms with Gasteiger partial charge in [0.25, 0.3) is 0 Å². The molecule has 0 amide bonds. The fourth-order valence-electron chi connectivity index (χ4n) is 1.90. The highest BCUT2D eigenvalue weighted by Crippen LogP contribution is 2.29. The van der Waals surface area contributed by atoms with Crippen LogP contribution in [0.1, 0.15) is 24.1 Å². The van der Waals surface area contributed by atoms with Gasteiger partial charge in [-0.3, -0.25) is 0 Å². The lowest BCUT2D eigenvalue weighted by molar-refractivity contribution is 0.462. The molecule has 1 unspecified atom stereocenters. The van der Waals surface area contributed by atoms with Crippen molar-refractivity contribution >= 4 is 17.3 Å². The van der Waals surface area contributed by atoms with Crippen molar-refractivity contribution in [1.82, 2.24) is 0 Å². The second-order valence-electron chi connectivity index (χ2n) is 4.38. The average Bonchev–Trinajstić information content (AvgIpc) is 2.41. The number of nitriles is 1. The summed E-state index contributed by atoms with van der Waals surface area (Å²) < 4.78 is 13.2. The van der Waals surface area contributed by atoms with E-state index in [-0.39, 0.29) is 11.8 Å². The molecule has 2 aromatic carbocycles. The van der Waals surface area contributed by atoms with E-state index in [0.717, 1.165) is 0 Å². The average molecular weight is 291 g/mol. The van der Waals surface area contributed by atoms with Crippen molar-refractivity contribution in [2.45, 2.75) is 13.0 Å². The number of nitrogens with one attached hydrogen (secondary N) is 1. The summed E-state index contributed by atoms with van der Waals surface area (Å²) in [5.41, 5.74) is 1.52. The molecule has 102 valence electrons. The van der Waals surface area contributed by atoms with Crippen LogP contribution in [0.5, 0.6) is 5.75 Å². The van der Waals surface area contributed by atoms with Crippen LogP contribution in [-0.4, -0.2) is 5.11 Å². The zero-order valence-corrected chi connectivity index (χ0v) is 11.4. The molecular weight excluding hydrogens is 279 g/mol. The number of aromatic hydroxyl groups is 1. The SMILES string of the molecule is CC(Nc1ccc(C#N)c(Cl)c1)c1cc(F)ccc1O. The minimum Gasteiger partial charge on any atom is -0.508 e. The number of anilines is 1. The third kappa shape index (κ3) is 3.01. The summed E-state index contributed by atoms with van der Waals surface area (Å²) >= 11 is 5.94. The molecule has 0 saturated heterocycles. The Kier molecular flexibility index (Phi) is 4.11. The van der Waals surface area contributed by atoms with Crippen molar-refractivity contribution in [2.24, 2.45) is 0 Å². The van der Waals surface area contributed by atoms with E-state index in [1.54, 1.807) is 25.1 Å². The predicted octanol–water partition coefficient (Wildman–Crippen LogP) is 4.23. The van der Waals surface area contributed by atoms with Gasteiger partial charge < -0.3 is 10.4 Å². The fraction of sp³-hybridized carbons (Fsp3) is 0.133. The van der Waals surface area contributed by atoms with E-state index < -0.39 is 5.82 Å². The third-order valence-corrected chi connectivity index (χ3v) is 3.24. The Bertz CT molecular complexity index is 682. The first-order valence-corrected chi connectivity index (χ1v) is 6.33. The maximum absolute atomic E-state index is 13.2. The van der Waals surface area contributed by atoms with Crippen molar-refractivity contribution in [3.05, 3.63) is 58.4 Å². The summed E-state index contributed by atoms with van der Waals surface area (Å²) in [6.07, 6.45) is 0. The highest BCUT2D eigenvalue weighted by Gasteiger charge is 2.12. The number of halogens is 2. The van der Waals surface area contributed by atoms with Gasteiger partial charge in [0.2, 0.25) is 0 Å². The van der Waals surface area contributed by atoms with E-state index in [2.05, 4.69) is 5.32 Å². The molecule has 0 aromatic heterocycles. The normalized spacial score (nSPS) is 11.7. The van der Waals surface area contributed by atoms with Gasteiger partial charge in [-0.05, 0) is 43.3 Å².